The summed E-state index contributed by atoms with van der Waals surface area (Å²) in [5.74, 6) is -4.51. The van der Waals surface area contributed by atoms with Crippen molar-refractivity contribution in [1.82, 2.24) is 24.7 Å². The van der Waals surface area contributed by atoms with Crippen LogP contribution in [0.2, 0.25) is 0 Å². The molecule has 0 saturated carbocycles. The second kappa shape index (κ2) is 13.6. The van der Waals surface area contributed by atoms with Crippen molar-refractivity contribution in [2.75, 3.05) is 25.0 Å². The smallest absolute Gasteiger partial charge is 0.406 e. The molecule has 1 atom stereocenters. The number of benzene rings is 2. The second-order valence-corrected chi connectivity index (χ2v) is 12.6. The predicted octanol–water partition coefficient (Wildman–Crippen LogP) is 3.65. The number of aliphatic hydroxyl groups excluding tert-OH is 1. The number of rotatable bonds is 10. The Balaban J connectivity index is 1.54. The Morgan fingerprint density at radius 1 is 1.04 bits per heavy atom. The van der Waals surface area contributed by atoms with Crippen LogP contribution in [-0.2, 0) is 33.9 Å². The van der Waals surface area contributed by atoms with Gasteiger partial charge in [-0.15, -0.1) is 23.4 Å². The van der Waals surface area contributed by atoms with E-state index in [9.17, 15) is 45.1 Å². The molecular formula is C26H27F5N6O6S2. The van der Waals surface area contributed by atoms with Crippen molar-refractivity contribution in [3.8, 4) is 5.75 Å². The molecule has 3 aromatic rings. The summed E-state index contributed by atoms with van der Waals surface area (Å²) in [5.41, 5.74) is 0.231. The number of halogens is 5. The number of sulfonamides is 1. The molecule has 12 nitrogen and oxygen atoms in total. The summed E-state index contributed by atoms with van der Waals surface area (Å²) >= 11 is 0.904. The fourth-order valence-corrected chi connectivity index (χ4v) is 6.48. The van der Waals surface area contributed by atoms with Gasteiger partial charge in [0.1, 0.15) is 16.8 Å². The van der Waals surface area contributed by atoms with E-state index in [4.69, 9.17) is 0 Å². The topological polar surface area (TPSA) is 154 Å². The number of aromatic nitrogens is 2. The molecule has 45 heavy (non-hydrogen) atoms. The number of carbonyl (C=O) groups is 2. The SMILES string of the molecule is CCC(F)(F)c1ccc(CNC(=O)[C@H]2CN(C(=O)Nc3nnc(CO)s3)CCN2S(=O)(=O)c2ccc(OC(F)(F)F)cc2)cc1. The number of anilines is 1. The van der Waals surface area contributed by atoms with E-state index >= 15 is 0 Å². The molecule has 2 aromatic carbocycles. The van der Waals surface area contributed by atoms with E-state index in [1.54, 1.807) is 0 Å². The molecule has 2 heterocycles. The number of aliphatic hydroxyl groups is 1. The summed E-state index contributed by atoms with van der Waals surface area (Å²) in [5, 5.41) is 21.9. The first-order valence-electron chi connectivity index (χ1n) is 13.2. The number of ether oxygens (including phenoxy) is 1. The maximum atomic E-state index is 14.0. The zero-order chi connectivity index (χ0) is 33.0. The van der Waals surface area contributed by atoms with Crippen LogP contribution in [0.3, 0.4) is 0 Å². The third-order valence-electron chi connectivity index (χ3n) is 6.69. The van der Waals surface area contributed by atoms with Gasteiger partial charge in [0.15, 0.2) is 0 Å². The molecular weight excluding hydrogens is 651 g/mol. The van der Waals surface area contributed by atoms with Gasteiger partial charge in [-0.05, 0) is 29.8 Å². The molecule has 0 unspecified atom stereocenters. The number of nitrogens with zero attached hydrogens (tertiary/aromatic N) is 4. The van der Waals surface area contributed by atoms with Crippen LogP contribution in [0, 0.1) is 0 Å². The second-order valence-electron chi connectivity index (χ2n) is 9.66. The lowest BCUT2D eigenvalue weighted by Crippen LogP contribution is -2.61. The molecule has 0 radical (unpaired) electrons. The van der Waals surface area contributed by atoms with Crippen LogP contribution >= 0.6 is 11.3 Å². The highest BCUT2D eigenvalue weighted by Gasteiger charge is 2.42. The lowest BCUT2D eigenvalue weighted by molar-refractivity contribution is -0.274. The largest absolute Gasteiger partial charge is 0.573 e. The molecule has 0 spiro atoms. The van der Waals surface area contributed by atoms with Gasteiger partial charge in [-0.2, -0.15) is 4.31 Å². The molecule has 0 bridgehead atoms. The van der Waals surface area contributed by atoms with Crippen LogP contribution in [0.25, 0.3) is 0 Å². The molecule has 1 saturated heterocycles. The van der Waals surface area contributed by atoms with E-state index < -0.39 is 70.5 Å². The van der Waals surface area contributed by atoms with Gasteiger partial charge in [0.05, 0.1) is 11.5 Å². The monoisotopic (exact) mass is 678 g/mol. The zero-order valence-corrected chi connectivity index (χ0v) is 25.1. The average molecular weight is 679 g/mol. The average Bonchev–Trinajstić information content (AvgIpc) is 3.46. The number of nitrogens with one attached hydrogen (secondary N) is 2. The van der Waals surface area contributed by atoms with Crippen molar-refractivity contribution in [2.45, 2.75) is 49.7 Å². The third-order valence-corrected chi connectivity index (χ3v) is 9.43. The maximum absolute atomic E-state index is 14.0. The lowest BCUT2D eigenvalue weighted by Gasteiger charge is -2.39. The van der Waals surface area contributed by atoms with Crippen molar-refractivity contribution in [3.63, 3.8) is 0 Å². The predicted molar refractivity (Wildman–Crippen MR) is 150 cm³/mol. The Morgan fingerprint density at radius 3 is 2.29 bits per heavy atom. The molecule has 1 fully saturated rings. The van der Waals surface area contributed by atoms with Gasteiger partial charge in [-0.3, -0.25) is 10.1 Å². The summed E-state index contributed by atoms with van der Waals surface area (Å²) < 4.78 is 97.5. The maximum Gasteiger partial charge on any atom is 0.573 e. The minimum atomic E-state index is -4.99. The van der Waals surface area contributed by atoms with E-state index in [-0.39, 0.29) is 35.3 Å². The molecule has 1 aromatic heterocycles. The molecule has 1 aliphatic rings. The Morgan fingerprint density at radius 2 is 1.71 bits per heavy atom. The lowest BCUT2D eigenvalue weighted by atomic mass is 10.0. The normalized spacial score (nSPS) is 16.3. The summed E-state index contributed by atoms with van der Waals surface area (Å²) in [6.45, 7) is -0.201. The number of hydrogen-bond donors (Lipinski definition) is 3. The van der Waals surface area contributed by atoms with E-state index in [0.29, 0.717) is 5.56 Å². The third kappa shape index (κ3) is 8.41. The van der Waals surface area contributed by atoms with E-state index in [1.807, 2.05) is 0 Å². The minimum Gasteiger partial charge on any atom is -0.406 e. The first-order chi connectivity index (χ1) is 21.1. The van der Waals surface area contributed by atoms with Crippen molar-refractivity contribution in [1.29, 1.82) is 0 Å². The quantitative estimate of drug-likeness (QED) is 0.275. The van der Waals surface area contributed by atoms with Gasteiger partial charge in [0.25, 0.3) is 5.92 Å². The number of alkyl halides is 5. The summed E-state index contributed by atoms with van der Waals surface area (Å²) in [6, 6.07) is 6.41. The van der Waals surface area contributed by atoms with Crippen molar-refractivity contribution in [2.24, 2.45) is 0 Å². The first-order valence-corrected chi connectivity index (χ1v) is 15.5. The van der Waals surface area contributed by atoms with Crippen molar-refractivity contribution in [3.05, 3.63) is 64.7 Å². The number of piperazine rings is 1. The van der Waals surface area contributed by atoms with Gasteiger partial charge in [-0.25, -0.2) is 22.0 Å². The summed E-state index contributed by atoms with van der Waals surface area (Å²) in [6.07, 6.45) is -5.40. The molecule has 1 aliphatic heterocycles. The number of carbonyl (C=O) groups excluding carboxylic acids is 2. The molecule has 19 heteroatoms. The minimum absolute atomic E-state index is 0.0540. The Hall–Kier alpha value is -3.94. The number of urea groups is 1. The Bertz CT molecular complexity index is 1600. The molecule has 244 valence electrons. The van der Waals surface area contributed by atoms with Crippen LogP contribution in [0.4, 0.5) is 31.9 Å². The van der Waals surface area contributed by atoms with Crippen LogP contribution in [0.5, 0.6) is 5.75 Å². The molecule has 0 aliphatic carbocycles. The molecule has 3 N–H and O–H groups in total. The van der Waals surface area contributed by atoms with Crippen LogP contribution in [-0.4, -0.2) is 76.9 Å². The Labute approximate surface area is 257 Å². The summed E-state index contributed by atoms with van der Waals surface area (Å²) in [4.78, 5) is 27.1. The van der Waals surface area contributed by atoms with Crippen molar-refractivity contribution < 1.29 is 49.8 Å². The Kier molecular flexibility index (Phi) is 10.3. The zero-order valence-electron chi connectivity index (χ0n) is 23.4. The van der Waals surface area contributed by atoms with Gasteiger partial charge < -0.3 is 20.1 Å². The van der Waals surface area contributed by atoms with E-state index in [0.717, 1.165) is 44.8 Å². The van der Waals surface area contributed by atoms with Crippen LogP contribution in [0.15, 0.2) is 53.4 Å². The molecule has 3 amide bonds. The molecule has 4 rings (SSSR count). The fourth-order valence-electron chi connectivity index (χ4n) is 4.32. The van der Waals surface area contributed by atoms with Crippen molar-refractivity contribution >= 4 is 38.4 Å². The van der Waals surface area contributed by atoms with Gasteiger partial charge in [0, 0.05) is 38.2 Å². The highest BCUT2D eigenvalue weighted by atomic mass is 32.2. The van der Waals surface area contributed by atoms with Gasteiger partial charge in [-0.1, -0.05) is 42.5 Å². The standard InChI is InChI=1S/C26H27F5N6O6S2/c1-2-25(27,28)17-5-3-16(4-6-17)13-32-22(39)20-14-36(24(40)33-23-35-34-21(15-38)44-23)11-12-37(20)45(41,42)19-9-7-18(8-10-19)43-26(29,30)31/h3-10,20,38H,2,11-15H2,1H3,(H,32,39)(H,33,35,40)/t20-/m1/s1. The number of amides is 3. The summed E-state index contributed by atoms with van der Waals surface area (Å²) in [7, 11) is -4.49. The number of hydrogen-bond acceptors (Lipinski definition) is 9. The van der Waals surface area contributed by atoms with E-state index in [1.165, 1.54) is 31.2 Å². The van der Waals surface area contributed by atoms with E-state index in [2.05, 4.69) is 25.6 Å². The van der Waals surface area contributed by atoms with Gasteiger partial charge in [0.2, 0.25) is 21.1 Å². The van der Waals surface area contributed by atoms with Crippen LogP contribution < -0.4 is 15.4 Å². The van der Waals surface area contributed by atoms with Gasteiger partial charge >= 0.3 is 12.4 Å². The first kappa shape index (κ1) is 33.9. The highest BCUT2D eigenvalue weighted by molar-refractivity contribution is 7.89. The van der Waals surface area contributed by atoms with Crippen LogP contribution in [0.1, 0.15) is 29.5 Å². The highest BCUT2D eigenvalue weighted by Crippen LogP contribution is 2.31. The fraction of sp³-hybridized carbons (Fsp3) is 0.385.